The van der Waals surface area contributed by atoms with Crippen LogP contribution in [0.15, 0.2) is 0 Å². The molecule has 0 amide bonds. The maximum Gasteiger partial charge on any atom is 0.164 e. The molecule has 5 nitrogen and oxygen atoms in total. The zero-order valence-electron chi connectivity index (χ0n) is 8.00. The lowest BCUT2D eigenvalue weighted by Gasteiger charge is -2.09. The first-order chi connectivity index (χ1) is 7.99. The molecular weight excluding hydrogens is 286 g/mol. The minimum absolute atomic E-state index is 0.00568. The Morgan fingerprint density at radius 1 is 1.12 bits per heavy atom. The lowest BCUT2D eigenvalue weighted by molar-refractivity contribution is 0.476. The number of hydrogen-bond donors (Lipinski definition) is 2. The molecule has 2 rings (SSSR count). The summed E-state index contributed by atoms with van der Waals surface area (Å²) in [5.41, 5.74) is 5.60. The van der Waals surface area contributed by atoms with Crippen LogP contribution < -0.4 is 5.73 Å². The van der Waals surface area contributed by atoms with Crippen molar-refractivity contribution in [2.45, 2.75) is 0 Å². The molecule has 1 aromatic carbocycles. The molecule has 8 heteroatoms. The van der Waals surface area contributed by atoms with E-state index in [4.69, 9.17) is 45.8 Å². The van der Waals surface area contributed by atoms with E-state index in [-0.39, 0.29) is 37.4 Å². The highest BCUT2D eigenvalue weighted by Gasteiger charge is 2.21. The van der Waals surface area contributed by atoms with Crippen LogP contribution in [-0.2, 0) is 0 Å². The molecule has 0 aliphatic rings. The summed E-state index contributed by atoms with van der Waals surface area (Å²) in [6, 6.07) is 1.83. The number of nitrogens with two attached hydrogens (primary N) is 1. The number of fused-ring (bicyclic) bond motifs is 1. The van der Waals surface area contributed by atoms with Gasteiger partial charge in [0.2, 0.25) is 0 Å². The fourth-order valence-electron chi connectivity index (χ4n) is 1.35. The minimum atomic E-state index is -0.422. The van der Waals surface area contributed by atoms with Gasteiger partial charge in [0.15, 0.2) is 11.6 Å². The fourth-order valence-corrected chi connectivity index (χ4v) is 2.09. The number of nitriles is 1. The maximum atomic E-state index is 9.65. The third-order valence-electron chi connectivity index (χ3n) is 2.15. The second-order valence-electron chi connectivity index (χ2n) is 3.09. The van der Waals surface area contributed by atoms with E-state index in [9.17, 15) is 5.11 Å². The van der Waals surface area contributed by atoms with Crippen molar-refractivity contribution in [2.24, 2.45) is 0 Å². The van der Waals surface area contributed by atoms with E-state index in [1.54, 1.807) is 0 Å². The Labute approximate surface area is 110 Å². The van der Waals surface area contributed by atoms with Gasteiger partial charge in [-0.05, 0) is 0 Å². The van der Waals surface area contributed by atoms with Crippen molar-refractivity contribution in [3.63, 3.8) is 0 Å². The predicted molar refractivity (Wildman–Crippen MR) is 65.4 cm³/mol. The summed E-state index contributed by atoms with van der Waals surface area (Å²) in [6.07, 6.45) is 0. The van der Waals surface area contributed by atoms with Gasteiger partial charge in [0, 0.05) is 5.39 Å². The normalized spacial score (nSPS) is 10.5. The molecule has 0 aliphatic carbocycles. The van der Waals surface area contributed by atoms with Gasteiger partial charge in [-0.2, -0.15) is 5.26 Å². The third kappa shape index (κ3) is 1.62. The molecule has 1 heterocycles. The van der Waals surface area contributed by atoms with Crippen LogP contribution in [0.5, 0.6) is 5.75 Å². The number of nitrogens with zero attached hydrogens (tertiary/aromatic N) is 3. The van der Waals surface area contributed by atoms with Gasteiger partial charge in [0.05, 0.1) is 10.0 Å². The molecule has 0 radical (unpaired) electrons. The molecule has 0 spiro atoms. The van der Waals surface area contributed by atoms with Crippen LogP contribution >= 0.6 is 34.8 Å². The summed E-state index contributed by atoms with van der Waals surface area (Å²) in [5.74, 6) is -0.519. The zero-order valence-corrected chi connectivity index (χ0v) is 10.3. The highest BCUT2D eigenvalue weighted by Crippen LogP contribution is 2.44. The number of aromatic nitrogens is 2. The van der Waals surface area contributed by atoms with Gasteiger partial charge >= 0.3 is 0 Å². The quantitative estimate of drug-likeness (QED) is 0.727. The smallest absolute Gasteiger partial charge is 0.164 e. The monoisotopic (exact) mass is 288 g/mol. The van der Waals surface area contributed by atoms with E-state index in [0.29, 0.717) is 0 Å². The number of benzene rings is 1. The number of nitrogen functional groups attached to an aromatic ring is 1. The Morgan fingerprint density at radius 3 is 2.35 bits per heavy atom. The van der Waals surface area contributed by atoms with Gasteiger partial charge in [0.1, 0.15) is 22.2 Å². The number of hydrogen-bond acceptors (Lipinski definition) is 5. The van der Waals surface area contributed by atoms with E-state index >= 15 is 0 Å². The number of phenols is 1. The van der Waals surface area contributed by atoms with Gasteiger partial charge in [0.25, 0.3) is 0 Å². The molecule has 17 heavy (non-hydrogen) atoms. The average Bonchev–Trinajstić information content (AvgIpc) is 2.33. The van der Waals surface area contributed by atoms with Crippen molar-refractivity contribution in [2.75, 3.05) is 5.73 Å². The van der Waals surface area contributed by atoms with E-state index in [1.807, 2.05) is 6.07 Å². The lowest BCUT2D eigenvalue weighted by atomic mass is 10.1. The number of halogens is 3. The SMILES string of the molecule is N#Cc1c(N)nnc2c(Cl)c(Cl)c(O)c(Cl)c12. The summed E-state index contributed by atoms with van der Waals surface area (Å²) in [5, 5.41) is 25.7. The molecule has 0 saturated heterocycles. The molecule has 1 aromatic heterocycles. The maximum absolute atomic E-state index is 9.65. The van der Waals surface area contributed by atoms with Crippen molar-refractivity contribution in [1.82, 2.24) is 10.2 Å². The molecule has 86 valence electrons. The van der Waals surface area contributed by atoms with E-state index in [0.717, 1.165) is 0 Å². The Morgan fingerprint density at radius 2 is 1.76 bits per heavy atom. The molecule has 0 saturated carbocycles. The number of phenolic OH excluding ortho intramolecular Hbond substituents is 1. The van der Waals surface area contributed by atoms with E-state index in [1.165, 1.54) is 0 Å². The molecule has 2 aromatic rings. The lowest BCUT2D eigenvalue weighted by Crippen LogP contribution is -1.99. The molecule has 0 aliphatic heterocycles. The first-order valence-corrected chi connectivity index (χ1v) is 5.33. The van der Waals surface area contributed by atoms with Gasteiger partial charge in [-0.25, -0.2) is 0 Å². The summed E-state index contributed by atoms with van der Waals surface area (Å²) in [7, 11) is 0. The molecular formula is C9H3Cl3N4O. The number of anilines is 1. The van der Waals surface area contributed by atoms with Crippen molar-refractivity contribution in [3.8, 4) is 11.8 Å². The summed E-state index contributed by atoms with van der Waals surface area (Å²) in [6.45, 7) is 0. The van der Waals surface area contributed by atoms with Gasteiger partial charge in [-0.15, -0.1) is 10.2 Å². The average molecular weight is 290 g/mol. The third-order valence-corrected chi connectivity index (χ3v) is 3.35. The summed E-state index contributed by atoms with van der Waals surface area (Å²) >= 11 is 17.5. The first kappa shape index (κ1) is 12.0. The molecule has 0 fully saturated rings. The zero-order chi connectivity index (χ0) is 12.7. The van der Waals surface area contributed by atoms with Gasteiger partial charge in [-0.1, -0.05) is 34.8 Å². The van der Waals surface area contributed by atoms with Crippen LogP contribution in [0.3, 0.4) is 0 Å². The first-order valence-electron chi connectivity index (χ1n) is 4.20. The largest absolute Gasteiger partial charge is 0.505 e. The topological polar surface area (TPSA) is 95.8 Å². The van der Waals surface area contributed by atoms with Gasteiger partial charge < -0.3 is 10.8 Å². The Hall–Kier alpha value is -1.48. The Balaban J connectivity index is 3.13. The molecule has 0 bridgehead atoms. The Bertz CT molecular complexity index is 680. The molecule has 3 N–H and O–H groups in total. The van der Waals surface area contributed by atoms with E-state index < -0.39 is 5.75 Å². The van der Waals surface area contributed by atoms with Gasteiger partial charge in [-0.3, -0.25) is 0 Å². The highest BCUT2D eigenvalue weighted by molar-refractivity contribution is 6.49. The van der Waals surface area contributed by atoms with Crippen LogP contribution in [-0.4, -0.2) is 15.3 Å². The fraction of sp³-hybridized carbons (Fsp3) is 0. The van der Waals surface area contributed by atoms with Crippen molar-refractivity contribution >= 4 is 51.5 Å². The van der Waals surface area contributed by atoms with Crippen molar-refractivity contribution < 1.29 is 5.11 Å². The van der Waals surface area contributed by atoms with Crippen LogP contribution in [0.1, 0.15) is 5.56 Å². The van der Waals surface area contributed by atoms with Crippen LogP contribution in [0, 0.1) is 11.3 Å². The highest BCUT2D eigenvalue weighted by atomic mass is 35.5. The second-order valence-corrected chi connectivity index (χ2v) is 4.22. The standard InChI is InChI=1S/C9H3Cl3N4O/c10-4-3-2(1-13)9(14)16-15-7(3)5(11)6(12)8(4)17/h17H,(H2,14,16). The second kappa shape index (κ2) is 4.08. The van der Waals surface area contributed by atoms with Crippen molar-refractivity contribution in [1.29, 1.82) is 5.26 Å². The Kier molecular flexibility index (Phi) is 2.87. The summed E-state index contributed by atoms with van der Waals surface area (Å²) < 4.78 is 0. The molecule has 0 unspecified atom stereocenters. The molecule has 0 atom stereocenters. The summed E-state index contributed by atoms with van der Waals surface area (Å²) in [4.78, 5) is 0. The minimum Gasteiger partial charge on any atom is -0.505 e. The van der Waals surface area contributed by atoms with Crippen LogP contribution in [0.25, 0.3) is 10.9 Å². The van der Waals surface area contributed by atoms with Crippen LogP contribution in [0.2, 0.25) is 15.1 Å². The van der Waals surface area contributed by atoms with E-state index in [2.05, 4.69) is 10.2 Å². The van der Waals surface area contributed by atoms with Crippen LogP contribution in [0.4, 0.5) is 5.82 Å². The number of aromatic hydroxyl groups is 1. The predicted octanol–water partition coefficient (Wildman–Crippen LogP) is 2.75. The number of rotatable bonds is 0. The van der Waals surface area contributed by atoms with Crippen molar-refractivity contribution in [3.05, 3.63) is 20.6 Å².